The maximum absolute atomic E-state index is 13.1. The van der Waals surface area contributed by atoms with Crippen LogP contribution >= 0.6 is 15.6 Å². The molecule has 17 nitrogen and oxygen atoms in total. The number of ether oxygens (including phenoxy) is 4. The Morgan fingerprint density at radius 3 is 0.708 bits per heavy atom. The van der Waals surface area contributed by atoms with Gasteiger partial charge in [0.15, 0.2) is 12.2 Å². The predicted octanol–water partition coefficient (Wildman–Crippen LogP) is 22.9. The van der Waals surface area contributed by atoms with E-state index in [1.807, 2.05) is 0 Å². The highest BCUT2D eigenvalue weighted by atomic mass is 31.2. The van der Waals surface area contributed by atoms with Gasteiger partial charge < -0.3 is 33.8 Å². The second kappa shape index (κ2) is 70.1. The van der Waals surface area contributed by atoms with Crippen LogP contribution in [-0.4, -0.2) is 96.7 Å². The Balaban J connectivity index is 5.16. The van der Waals surface area contributed by atoms with Crippen molar-refractivity contribution in [2.75, 3.05) is 39.6 Å². The van der Waals surface area contributed by atoms with Crippen molar-refractivity contribution in [3.05, 3.63) is 0 Å². The minimum Gasteiger partial charge on any atom is -0.462 e. The van der Waals surface area contributed by atoms with Crippen LogP contribution in [0.1, 0.15) is 407 Å². The minimum absolute atomic E-state index is 0.106. The Kier molecular flexibility index (Phi) is 68.7. The Morgan fingerprint density at radius 1 is 0.281 bits per heavy atom. The van der Waals surface area contributed by atoms with Gasteiger partial charge in [0.2, 0.25) is 0 Å². The van der Waals surface area contributed by atoms with Crippen LogP contribution in [0.25, 0.3) is 0 Å². The van der Waals surface area contributed by atoms with Crippen LogP contribution in [0.4, 0.5) is 0 Å². The molecule has 0 fully saturated rings. The molecule has 0 radical (unpaired) electrons. The van der Waals surface area contributed by atoms with Gasteiger partial charge in [-0.3, -0.25) is 37.3 Å². The highest BCUT2D eigenvalue weighted by molar-refractivity contribution is 7.47. The van der Waals surface area contributed by atoms with Crippen LogP contribution in [0, 0.1) is 5.92 Å². The molecule has 0 spiro atoms. The van der Waals surface area contributed by atoms with Gasteiger partial charge in [0, 0.05) is 25.7 Å². The van der Waals surface area contributed by atoms with Crippen LogP contribution in [0.3, 0.4) is 0 Å². The summed E-state index contributed by atoms with van der Waals surface area (Å²) >= 11 is 0. The maximum Gasteiger partial charge on any atom is 0.472 e. The van der Waals surface area contributed by atoms with Gasteiger partial charge in [-0.25, -0.2) is 9.13 Å². The number of rotatable bonds is 77. The summed E-state index contributed by atoms with van der Waals surface area (Å²) in [6.07, 6.45) is 59.9. The third-order valence-corrected chi connectivity index (χ3v) is 19.9. The van der Waals surface area contributed by atoms with Crippen LogP contribution in [-0.2, 0) is 65.4 Å². The molecular weight excluding hydrogens is 1260 g/mol. The van der Waals surface area contributed by atoms with E-state index < -0.39 is 97.5 Å². The van der Waals surface area contributed by atoms with E-state index in [2.05, 4.69) is 34.6 Å². The fourth-order valence-corrected chi connectivity index (χ4v) is 13.5. The van der Waals surface area contributed by atoms with E-state index in [-0.39, 0.29) is 25.7 Å². The predicted molar refractivity (Wildman–Crippen MR) is 391 cm³/mol. The van der Waals surface area contributed by atoms with Crippen LogP contribution in [0.15, 0.2) is 0 Å². The smallest absolute Gasteiger partial charge is 0.462 e. The average Bonchev–Trinajstić information content (AvgIpc) is 1.18. The zero-order chi connectivity index (χ0) is 70.5. The average molecular weight is 1410 g/mol. The van der Waals surface area contributed by atoms with Gasteiger partial charge in [-0.2, -0.15) is 0 Å². The summed E-state index contributed by atoms with van der Waals surface area (Å²) in [5.74, 6) is -1.38. The number of carbonyl (C=O) groups is 4. The van der Waals surface area contributed by atoms with Crippen molar-refractivity contribution in [2.24, 2.45) is 5.92 Å². The minimum atomic E-state index is -4.96. The third-order valence-electron chi connectivity index (χ3n) is 18.0. The van der Waals surface area contributed by atoms with E-state index in [1.165, 1.54) is 225 Å². The SMILES string of the molecule is CCCCCCCCCCCCCCCCCCCCCCCCC(=O)O[C@H](COC(=O)CCCCCCCCCCCCCCCC)COP(=O)(O)OC[C@@H](O)COP(=O)(O)OC[C@@H](COC(=O)CCCCCCCCCC)OC(=O)CCCCCCCCCCCC(C)C. The van der Waals surface area contributed by atoms with Gasteiger partial charge >= 0.3 is 39.5 Å². The van der Waals surface area contributed by atoms with Crippen molar-refractivity contribution >= 4 is 39.5 Å². The zero-order valence-electron chi connectivity index (χ0n) is 62.5. The lowest BCUT2D eigenvalue weighted by molar-refractivity contribution is -0.161. The Morgan fingerprint density at radius 2 is 0.479 bits per heavy atom. The van der Waals surface area contributed by atoms with Crippen molar-refractivity contribution in [3.63, 3.8) is 0 Å². The molecule has 0 heterocycles. The van der Waals surface area contributed by atoms with E-state index in [9.17, 15) is 43.2 Å². The van der Waals surface area contributed by atoms with Crippen molar-refractivity contribution in [2.45, 2.75) is 425 Å². The third kappa shape index (κ3) is 70.5. The molecule has 0 bridgehead atoms. The number of unbranched alkanes of at least 4 members (excludes halogenated alkanes) is 49. The molecule has 0 amide bonds. The standard InChI is InChI=1S/C77H150O17P2/c1-6-9-12-15-18-21-23-25-27-28-29-30-31-32-33-34-36-38-42-47-52-57-62-76(81)93-73(67-88-75(80)61-56-51-46-41-37-35-26-24-22-19-16-13-10-7-2)69-92-96(85,86)90-65-71(78)64-89-95(83,84)91-68-72(66-87-74(79)60-55-50-45-20-17-14-11-8-3)94-77(82)63-58-53-48-43-39-40-44-49-54-59-70(4)5/h70-73,78H,6-69H2,1-5H3,(H,83,84)(H,85,86)/t71-,72+,73+/m0/s1. The van der Waals surface area contributed by atoms with E-state index in [0.717, 1.165) is 102 Å². The molecule has 19 heteroatoms. The summed E-state index contributed by atoms with van der Waals surface area (Å²) in [5.41, 5.74) is 0. The number of esters is 4. The lowest BCUT2D eigenvalue weighted by Crippen LogP contribution is -2.30. The first-order chi connectivity index (χ1) is 46.5. The molecule has 5 atom stereocenters. The first-order valence-electron chi connectivity index (χ1n) is 40.1. The molecule has 0 aliphatic heterocycles. The molecule has 0 aliphatic rings. The lowest BCUT2D eigenvalue weighted by atomic mass is 10.0. The fraction of sp³-hybridized carbons (Fsp3) is 0.948. The number of hydrogen-bond acceptors (Lipinski definition) is 15. The van der Waals surface area contributed by atoms with Crippen molar-refractivity contribution in [3.8, 4) is 0 Å². The van der Waals surface area contributed by atoms with Crippen molar-refractivity contribution in [1.82, 2.24) is 0 Å². The van der Waals surface area contributed by atoms with Crippen LogP contribution in [0.5, 0.6) is 0 Å². The first-order valence-corrected chi connectivity index (χ1v) is 43.1. The van der Waals surface area contributed by atoms with E-state index in [1.54, 1.807) is 0 Å². The molecule has 0 aromatic carbocycles. The molecule has 96 heavy (non-hydrogen) atoms. The number of aliphatic hydroxyl groups is 1. The molecule has 3 N–H and O–H groups in total. The van der Waals surface area contributed by atoms with Crippen LogP contribution in [0.2, 0.25) is 0 Å². The molecular formula is C77H150O17P2. The van der Waals surface area contributed by atoms with Crippen LogP contribution < -0.4 is 0 Å². The zero-order valence-corrected chi connectivity index (χ0v) is 64.3. The molecule has 0 saturated carbocycles. The first kappa shape index (κ1) is 94.1. The van der Waals surface area contributed by atoms with E-state index in [0.29, 0.717) is 25.7 Å². The van der Waals surface area contributed by atoms with Gasteiger partial charge in [0.25, 0.3) is 0 Å². The normalized spacial score (nSPS) is 13.9. The maximum atomic E-state index is 13.1. The molecule has 0 aromatic rings. The molecule has 0 rings (SSSR count). The highest BCUT2D eigenvalue weighted by Gasteiger charge is 2.30. The summed E-state index contributed by atoms with van der Waals surface area (Å²) in [7, 11) is -9.91. The van der Waals surface area contributed by atoms with Crippen molar-refractivity contribution < 1.29 is 80.2 Å². The highest BCUT2D eigenvalue weighted by Crippen LogP contribution is 2.45. The number of phosphoric acid groups is 2. The quantitative estimate of drug-likeness (QED) is 0.0222. The number of aliphatic hydroxyl groups excluding tert-OH is 1. The summed E-state index contributed by atoms with van der Waals surface area (Å²) < 4.78 is 68.5. The van der Waals surface area contributed by atoms with Crippen molar-refractivity contribution in [1.29, 1.82) is 0 Å². The van der Waals surface area contributed by atoms with Gasteiger partial charge in [-0.15, -0.1) is 0 Å². The Bertz CT molecular complexity index is 1840. The molecule has 570 valence electrons. The summed E-state index contributed by atoms with van der Waals surface area (Å²) in [4.78, 5) is 72.7. The lowest BCUT2D eigenvalue weighted by Gasteiger charge is -2.21. The summed E-state index contributed by atoms with van der Waals surface area (Å²) in [5, 5.41) is 10.6. The van der Waals surface area contributed by atoms with Gasteiger partial charge in [-0.1, -0.05) is 356 Å². The van der Waals surface area contributed by atoms with E-state index in [4.69, 9.17) is 37.0 Å². The largest absolute Gasteiger partial charge is 0.472 e. The summed E-state index contributed by atoms with van der Waals surface area (Å²) in [6.45, 7) is 7.24. The molecule has 0 saturated heterocycles. The summed E-state index contributed by atoms with van der Waals surface area (Å²) in [6, 6.07) is 0. The second-order valence-corrected chi connectivity index (χ2v) is 31.1. The van der Waals surface area contributed by atoms with Gasteiger partial charge in [-0.05, 0) is 31.6 Å². The second-order valence-electron chi connectivity index (χ2n) is 28.2. The van der Waals surface area contributed by atoms with Gasteiger partial charge in [0.05, 0.1) is 26.4 Å². The number of phosphoric ester groups is 2. The Labute approximate surface area is 588 Å². The molecule has 0 aromatic heterocycles. The van der Waals surface area contributed by atoms with Gasteiger partial charge in [0.1, 0.15) is 19.3 Å². The molecule has 0 aliphatic carbocycles. The number of carbonyl (C=O) groups excluding carboxylic acids is 4. The topological polar surface area (TPSA) is 237 Å². The number of hydrogen-bond donors (Lipinski definition) is 3. The Hall–Kier alpha value is -1.94. The fourth-order valence-electron chi connectivity index (χ4n) is 11.9. The van der Waals surface area contributed by atoms with E-state index >= 15 is 0 Å². The molecule has 2 unspecified atom stereocenters. The monoisotopic (exact) mass is 1410 g/mol.